The van der Waals surface area contributed by atoms with Crippen LogP contribution < -0.4 is 0 Å². The third kappa shape index (κ3) is 3.42. The summed E-state index contributed by atoms with van der Waals surface area (Å²) in [6, 6.07) is 0. The Kier molecular flexibility index (Phi) is 2.69. The Hall–Kier alpha value is 0.830. The first kappa shape index (κ1) is 7.83. The van der Waals surface area contributed by atoms with Crippen LogP contribution in [0, 0.1) is 0 Å². The van der Waals surface area contributed by atoms with Gasteiger partial charge < -0.3 is 0 Å². The zero-order valence-corrected chi connectivity index (χ0v) is 6.35. The average molecular weight is 162 g/mol. The molecule has 44 valence electrons. The predicted octanol–water partition coefficient (Wildman–Crippen LogP) is 1.88. The Morgan fingerprint density at radius 2 is 1.29 bits per heavy atom. The van der Waals surface area contributed by atoms with E-state index in [9.17, 15) is 0 Å². The van der Waals surface area contributed by atoms with Crippen LogP contribution >= 0.6 is 34.8 Å². The largest absolute Gasteiger partial charge is 0.266 e. The van der Waals surface area contributed by atoms with E-state index in [4.69, 9.17) is 34.8 Å². The summed E-state index contributed by atoms with van der Waals surface area (Å²) in [5.41, 5.74) is 0. The zero-order valence-electron chi connectivity index (χ0n) is 4.08. The smallest absolute Gasteiger partial charge is 0.247 e. The molecule has 0 saturated carbocycles. The highest BCUT2D eigenvalue weighted by Gasteiger charge is 2.21. The van der Waals surface area contributed by atoms with E-state index in [-0.39, 0.29) is 0 Å². The summed E-state index contributed by atoms with van der Waals surface area (Å²) in [5, 5.41) is 0. The maximum atomic E-state index is 5.32. The first-order valence-corrected chi connectivity index (χ1v) is 2.82. The van der Waals surface area contributed by atoms with Gasteiger partial charge in [0.25, 0.3) is 0 Å². The van der Waals surface area contributed by atoms with Crippen molar-refractivity contribution < 1.29 is 0 Å². The Morgan fingerprint density at radius 3 is 1.29 bits per heavy atom. The molecule has 0 bridgehead atoms. The molecule has 0 aromatic heterocycles. The quantitative estimate of drug-likeness (QED) is 0.388. The lowest BCUT2D eigenvalue weighted by Crippen LogP contribution is -2.26. The molecule has 0 aliphatic rings. The summed E-state index contributed by atoms with van der Waals surface area (Å²) in [4.78, 5) is 1.48. The van der Waals surface area contributed by atoms with Gasteiger partial charge in [-0.25, -0.2) is 0 Å². The van der Waals surface area contributed by atoms with Gasteiger partial charge in [-0.3, -0.25) is 4.90 Å². The molecule has 4 heteroatoms. The summed E-state index contributed by atoms with van der Waals surface area (Å²) in [5.74, 6) is 0. The molecule has 0 aromatic rings. The monoisotopic (exact) mass is 161 g/mol. The fourth-order valence-corrected chi connectivity index (χ4v) is 0. The molecule has 7 heavy (non-hydrogen) atoms. The van der Waals surface area contributed by atoms with Crippen LogP contribution in [0.3, 0.4) is 0 Å². The Morgan fingerprint density at radius 1 is 1.14 bits per heavy atom. The standard InChI is InChI=1S/C3H6Cl3N/c1-7(2)3(4,5)6/h1-2H3. The van der Waals surface area contributed by atoms with Crippen LogP contribution in [0.15, 0.2) is 0 Å². The molecule has 0 aliphatic heterocycles. The van der Waals surface area contributed by atoms with Crippen molar-refractivity contribution in [1.29, 1.82) is 0 Å². The summed E-state index contributed by atoms with van der Waals surface area (Å²) >= 11 is 16.0. The molecule has 0 radical (unpaired) electrons. The second-order valence-corrected chi connectivity index (χ2v) is 3.58. The van der Waals surface area contributed by atoms with E-state index >= 15 is 0 Å². The van der Waals surface area contributed by atoms with E-state index < -0.39 is 3.92 Å². The second-order valence-electron chi connectivity index (χ2n) is 1.36. The maximum Gasteiger partial charge on any atom is 0.247 e. The van der Waals surface area contributed by atoms with E-state index in [1.54, 1.807) is 14.1 Å². The molecule has 0 N–H and O–H groups in total. The average Bonchev–Trinajstić information content (AvgIpc) is 1.31. The number of hydrogen-bond donors (Lipinski definition) is 0. The molecule has 0 spiro atoms. The van der Waals surface area contributed by atoms with Gasteiger partial charge in [-0.05, 0) is 14.1 Å². The van der Waals surface area contributed by atoms with Gasteiger partial charge in [-0.15, -0.1) is 0 Å². The lowest BCUT2D eigenvalue weighted by Gasteiger charge is -2.18. The maximum absolute atomic E-state index is 5.32. The molecular formula is C3H6Cl3N. The Labute approximate surface area is 58.1 Å². The fourth-order valence-electron chi connectivity index (χ4n) is 0. The minimum absolute atomic E-state index is 1.25. The van der Waals surface area contributed by atoms with Crippen molar-refractivity contribution in [3.05, 3.63) is 0 Å². The Bertz CT molecular complexity index is 55.7. The van der Waals surface area contributed by atoms with E-state index in [1.807, 2.05) is 0 Å². The highest BCUT2D eigenvalue weighted by molar-refractivity contribution is 6.67. The molecule has 0 rings (SSSR count). The highest BCUT2D eigenvalue weighted by atomic mass is 35.6. The molecule has 0 fully saturated rings. The van der Waals surface area contributed by atoms with Crippen LogP contribution in [0.5, 0.6) is 0 Å². The van der Waals surface area contributed by atoms with Crippen LogP contribution in [0.1, 0.15) is 0 Å². The van der Waals surface area contributed by atoms with Crippen LogP contribution in [0.4, 0.5) is 0 Å². The van der Waals surface area contributed by atoms with Gasteiger partial charge in [0, 0.05) is 0 Å². The van der Waals surface area contributed by atoms with Crippen LogP contribution in [-0.2, 0) is 0 Å². The SMILES string of the molecule is CN(C)C(Cl)(Cl)Cl. The first-order chi connectivity index (χ1) is 2.94. The van der Waals surface area contributed by atoms with Crippen molar-refractivity contribution in [3.8, 4) is 0 Å². The normalized spacial score (nSPS) is 12.9. The number of alkyl halides is 3. The number of hydrogen-bond acceptors (Lipinski definition) is 1. The van der Waals surface area contributed by atoms with Crippen molar-refractivity contribution in [2.45, 2.75) is 3.92 Å². The van der Waals surface area contributed by atoms with Crippen molar-refractivity contribution in [3.63, 3.8) is 0 Å². The summed E-state index contributed by atoms with van der Waals surface area (Å²) in [7, 11) is 3.38. The number of nitrogens with zero attached hydrogens (tertiary/aromatic N) is 1. The molecule has 0 heterocycles. The van der Waals surface area contributed by atoms with Crippen molar-refractivity contribution in [1.82, 2.24) is 4.90 Å². The molecule has 1 nitrogen and oxygen atoms in total. The lowest BCUT2D eigenvalue weighted by atomic mass is 11.0. The molecule has 0 unspecified atom stereocenters. The molecular weight excluding hydrogens is 156 g/mol. The van der Waals surface area contributed by atoms with E-state index in [0.29, 0.717) is 0 Å². The van der Waals surface area contributed by atoms with Gasteiger partial charge in [-0.1, -0.05) is 34.8 Å². The first-order valence-electron chi connectivity index (χ1n) is 1.68. The molecule has 0 atom stereocenters. The molecule has 0 aliphatic carbocycles. The lowest BCUT2D eigenvalue weighted by molar-refractivity contribution is 0.417. The van der Waals surface area contributed by atoms with Gasteiger partial charge in [0.15, 0.2) is 0 Å². The molecule has 0 aromatic carbocycles. The molecule has 0 saturated heterocycles. The minimum atomic E-state index is -1.25. The van der Waals surface area contributed by atoms with Crippen molar-refractivity contribution in [2.75, 3.05) is 14.1 Å². The topological polar surface area (TPSA) is 3.24 Å². The van der Waals surface area contributed by atoms with Crippen LogP contribution in [0.2, 0.25) is 0 Å². The summed E-state index contributed by atoms with van der Waals surface area (Å²) in [6.45, 7) is 0. The van der Waals surface area contributed by atoms with Gasteiger partial charge in [-0.2, -0.15) is 0 Å². The second kappa shape index (κ2) is 2.40. The van der Waals surface area contributed by atoms with E-state index in [2.05, 4.69) is 0 Å². The number of halogens is 3. The van der Waals surface area contributed by atoms with E-state index in [1.165, 1.54) is 4.90 Å². The highest BCUT2D eigenvalue weighted by Crippen LogP contribution is 2.27. The minimum Gasteiger partial charge on any atom is -0.266 e. The van der Waals surface area contributed by atoms with Crippen LogP contribution in [0.25, 0.3) is 0 Å². The fraction of sp³-hybridized carbons (Fsp3) is 1.00. The summed E-state index contributed by atoms with van der Waals surface area (Å²) in [6.07, 6.45) is 0. The van der Waals surface area contributed by atoms with Gasteiger partial charge in [0.1, 0.15) is 0 Å². The predicted molar refractivity (Wildman–Crippen MR) is 34.0 cm³/mol. The molecule has 0 amide bonds. The third-order valence-electron chi connectivity index (χ3n) is 0.507. The number of rotatable bonds is 0. The summed E-state index contributed by atoms with van der Waals surface area (Å²) < 4.78 is -1.25. The van der Waals surface area contributed by atoms with E-state index in [0.717, 1.165) is 0 Å². The Balaban J connectivity index is 3.54. The van der Waals surface area contributed by atoms with Gasteiger partial charge in [0.05, 0.1) is 0 Å². The van der Waals surface area contributed by atoms with Crippen molar-refractivity contribution >= 4 is 34.8 Å². The van der Waals surface area contributed by atoms with Gasteiger partial charge in [0.2, 0.25) is 3.92 Å². The van der Waals surface area contributed by atoms with Crippen LogP contribution in [-0.4, -0.2) is 22.9 Å². The van der Waals surface area contributed by atoms with Crippen molar-refractivity contribution in [2.24, 2.45) is 0 Å². The zero-order chi connectivity index (χ0) is 6.08. The van der Waals surface area contributed by atoms with Gasteiger partial charge >= 0.3 is 0 Å². The third-order valence-corrected chi connectivity index (χ3v) is 1.52.